The fourth-order valence-electron chi connectivity index (χ4n) is 5.06. The number of aliphatic hydroxyl groups is 5. The van der Waals surface area contributed by atoms with E-state index in [0.717, 1.165) is 41.7 Å². The molecule has 6 N–H and O–H groups in total. The second-order valence-corrected chi connectivity index (χ2v) is 9.37. The van der Waals surface area contributed by atoms with Crippen LogP contribution in [0.1, 0.15) is 24.5 Å². The van der Waals surface area contributed by atoms with Crippen LogP contribution in [0.25, 0.3) is 10.9 Å². The van der Waals surface area contributed by atoms with E-state index >= 15 is 0 Å². The number of pyridine rings is 1. The summed E-state index contributed by atoms with van der Waals surface area (Å²) >= 11 is 0. The molecule has 3 fully saturated rings. The average molecular weight is 519 g/mol. The number of benzene rings is 1. The molecule has 0 spiro atoms. The molecule has 0 aliphatic carbocycles. The van der Waals surface area contributed by atoms with Gasteiger partial charge in [0.2, 0.25) is 0 Å². The summed E-state index contributed by atoms with van der Waals surface area (Å²) in [5.41, 5.74) is 1.85. The summed E-state index contributed by atoms with van der Waals surface area (Å²) in [6.07, 6.45) is -2.77. The number of aliphatic hydroxyl groups excluding tert-OH is 5. The van der Waals surface area contributed by atoms with Gasteiger partial charge < -0.3 is 40.2 Å². The summed E-state index contributed by atoms with van der Waals surface area (Å²) in [5, 5.41) is 55.3. The van der Waals surface area contributed by atoms with Crippen molar-refractivity contribution < 1.29 is 45.0 Å². The molecule has 4 heterocycles. The maximum absolute atomic E-state index is 11.2. The highest BCUT2D eigenvalue weighted by Crippen LogP contribution is 2.42. The molecule has 9 unspecified atom stereocenters. The maximum Gasteiger partial charge on any atom is 0.335 e. The van der Waals surface area contributed by atoms with Crippen LogP contribution in [-0.4, -0.2) is 103 Å². The van der Waals surface area contributed by atoms with Gasteiger partial charge in [0, 0.05) is 24.2 Å². The van der Waals surface area contributed by atoms with Crippen molar-refractivity contribution in [3.63, 3.8) is 0 Å². The van der Waals surface area contributed by atoms with Crippen molar-refractivity contribution in [2.24, 2.45) is 11.8 Å². The number of carboxylic acids is 1. The van der Waals surface area contributed by atoms with E-state index in [4.69, 9.17) is 30.3 Å². The second kappa shape index (κ2) is 12.5. The lowest BCUT2D eigenvalue weighted by Gasteiger charge is -2.50. The predicted octanol–water partition coefficient (Wildman–Crippen LogP) is -0.113. The smallest absolute Gasteiger partial charge is 0.335 e. The zero-order valence-electron chi connectivity index (χ0n) is 20.5. The van der Waals surface area contributed by atoms with Crippen LogP contribution in [-0.2, 0) is 9.59 Å². The lowest BCUT2D eigenvalue weighted by atomic mass is 9.73. The van der Waals surface area contributed by atoms with E-state index in [1.54, 1.807) is 13.3 Å². The van der Waals surface area contributed by atoms with Crippen molar-refractivity contribution in [1.82, 2.24) is 9.88 Å². The van der Waals surface area contributed by atoms with E-state index in [2.05, 4.69) is 22.5 Å². The predicted molar refractivity (Wildman–Crippen MR) is 133 cm³/mol. The van der Waals surface area contributed by atoms with Crippen LogP contribution in [0.4, 0.5) is 0 Å². The molecule has 1 aromatic heterocycles. The zero-order chi connectivity index (χ0) is 27.3. The number of rotatable bonds is 9. The van der Waals surface area contributed by atoms with Gasteiger partial charge >= 0.3 is 5.97 Å². The number of carbonyl (C=O) groups is 2. The van der Waals surface area contributed by atoms with E-state index in [1.165, 1.54) is 6.42 Å². The SMILES string of the molecule is C=CC1CN2CCC1CC2C(O)c1ccnc2ccc(OC)cc12.O=CC(O)C(O)C(O)C(O)C(=O)O. The van der Waals surface area contributed by atoms with Gasteiger partial charge in [-0.15, -0.1) is 6.58 Å². The molecule has 1 aromatic carbocycles. The first-order chi connectivity index (χ1) is 17.6. The Morgan fingerprint density at radius 3 is 2.49 bits per heavy atom. The van der Waals surface area contributed by atoms with Gasteiger partial charge in [0.05, 0.1) is 18.7 Å². The van der Waals surface area contributed by atoms with Crippen LogP contribution in [0, 0.1) is 11.8 Å². The van der Waals surface area contributed by atoms with Crippen molar-refractivity contribution in [2.45, 2.75) is 49.4 Å². The molecule has 11 nitrogen and oxygen atoms in total. The van der Waals surface area contributed by atoms with E-state index in [-0.39, 0.29) is 12.3 Å². The Bertz CT molecular complexity index is 1100. The van der Waals surface area contributed by atoms with Crippen molar-refractivity contribution >= 4 is 23.2 Å². The lowest BCUT2D eigenvalue weighted by Crippen LogP contribution is -2.54. The number of carbonyl (C=O) groups excluding carboxylic acids is 1. The van der Waals surface area contributed by atoms with Crippen molar-refractivity contribution in [2.75, 3.05) is 20.2 Å². The molecule has 0 amide bonds. The Morgan fingerprint density at radius 1 is 1.19 bits per heavy atom. The molecule has 0 radical (unpaired) electrons. The number of aliphatic carboxylic acids is 1. The molecule has 2 bridgehead atoms. The molecule has 9 atom stereocenters. The first kappa shape index (κ1) is 28.6. The minimum absolute atomic E-state index is 0.0809. The summed E-state index contributed by atoms with van der Waals surface area (Å²) in [6.45, 7) is 6.07. The number of aromatic nitrogens is 1. The number of aldehydes is 1. The normalized spacial score (nSPS) is 26.6. The van der Waals surface area contributed by atoms with Gasteiger partial charge in [0.15, 0.2) is 12.4 Å². The third-order valence-electron chi connectivity index (χ3n) is 7.24. The quantitative estimate of drug-likeness (QED) is 0.192. The van der Waals surface area contributed by atoms with Crippen LogP contribution < -0.4 is 4.74 Å². The highest BCUT2D eigenvalue weighted by atomic mass is 16.5. The molecule has 5 rings (SSSR count). The highest BCUT2D eigenvalue weighted by molar-refractivity contribution is 5.84. The van der Waals surface area contributed by atoms with E-state index in [0.29, 0.717) is 11.8 Å². The lowest BCUT2D eigenvalue weighted by molar-refractivity contribution is -0.163. The minimum atomic E-state index is -2.25. The summed E-state index contributed by atoms with van der Waals surface area (Å²) in [5.74, 6) is 0.247. The fourth-order valence-corrected chi connectivity index (χ4v) is 5.06. The molecule has 3 aliphatic heterocycles. The molecule has 2 aromatic rings. The van der Waals surface area contributed by atoms with Crippen LogP contribution >= 0.6 is 0 Å². The summed E-state index contributed by atoms with van der Waals surface area (Å²) < 4.78 is 5.35. The molecular formula is C26H34N2O9. The van der Waals surface area contributed by atoms with Gasteiger partial charge in [0.1, 0.15) is 24.1 Å². The number of ether oxygens (including phenoxy) is 1. The topological polar surface area (TPSA) is 181 Å². The Labute approximate surface area is 214 Å². The number of nitrogens with zero attached hydrogens (tertiary/aromatic N) is 2. The van der Waals surface area contributed by atoms with E-state index in [1.807, 2.05) is 24.3 Å². The number of piperidine rings is 3. The van der Waals surface area contributed by atoms with Gasteiger partial charge in [-0.1, -0.05) is 6.08 Å². The third-order valence-corrected chi connectivity index (χ3v) is 7.24. The molecule has 37 heavy (non-hydrogen) atoms. The summed E-state index contributed by atoms with van der Waals surface area (Å²) in [4.78, 5) is 26.8. The Morgan fingerprint density at radius 2 is 1.92 bits per heavy atom. The van der Waals surface area contributed by atoms with Gasteiger partial charge in [-0.2, -0.15) is 0 Å². The van der Waals surface area contributed by atoms with Crippen molar-refractivity contribution in [1.29, 1.82) is 0 Å². The van der Waals surface area contributed by atoms with Crippen molar-refractivity contribution in [3.05, 3.63) is 48.7 Å². The Balaban J connectivity index is 0.000000251. The summed E-state index contributed by atoms with van der Waals surface area (Å²) in [6, 6.07) is 7.96. The van der Waals surface area contributed by atoms with E-state index in [9.17, 15) is 14.7 Å². The van der Waals surface area contributed by atoms with Gasteiger partial charge in [0.25, 0.3) is 0 Å². The van der Waals surface area contributed by atoms with Crippen LogP contribution in [0.5, 0.6) is 5.75 Å². The fraction of sp³-hybridized carbons (Fsp3) is 0.500. The number of fused-ring (bicyclic) bond motifs is 4. The molecule has 3 aliphatic rings. The molecular weight excluding hydrogens is 484 g/mol. The van der Waals surface area contributed by atoms with Gasteiger partial charge in [-0.3, -0.25) is 9.88 Å². The third kappa shape index (κ3) is 6.32. The molecule has 0 saturated carbocycles. The van der Waals surface area contributed by atoms with Crippen LogP contribution in [0.3, 0.4) is 0 Å². The standard InChI is InChI=1S/C20H24N2O2.C6H10O7/c1-3-13-12-22-9-7-14(13)10-19(22)20(23)16-6-8-21-18-5-4-15(24-2)11-17(16)18;7-1-2(8)3(9)4(10)5(11)6(12)13/h3-6,8,11,13-14,19-20,23H,1,7,9-10,12H2,2H3;1-5,8-11H,(H,12,13). The number of hydrogen-bond acceptors (Lipinski definition) is 10. The number of methoxy groups -OCH3 is 1. The Hall–Kier alpha value is -2.93. The number of hydrogen-bond donors (Lipinski definition) is 6. The highest BCUT2D eigenvalue weighted by Gasteiger charge is 2.42. The van der Waals surface area contributed by atoms with E-state index < -0.39 is 36.5 Å². The minimum Gasteiger partial charge on any atom is -0.497 e. The number of carboxylic acid groups (broad SMARTS) is 1. The zero-order valence-corrected chi connectivity index (χ0v) is 20.5. The maximum atomic E-state index is 11.2. The van der Waals surface area contributed by atoms with Crippen LogP contribution in [0.15, 0.2) is 43.1 Å². The molecule has 3 saturated heterocycles. The first-order valence-corrected chi connectivity index (χ1v) is 12.0. The van der Waals surface area contributed by atoms with Crippen LogP contribution in [0.2, 0.25) is 0 Å². The molecule has 11 heteroatoms. The largest absolute Gasteiger partial charge is 0.497 e. The van der Waals surface area contributed by atoms with Crippen molar-refractivity contribution in [3.8, 4) is 5.75 Å². The monoisotopic (exact) mass is 518 g/mol. The average Bonchev–Trinajstić information content (AvgIpc) is 2.94. The molecule has 202 valence electrons. The van der Waals surface area contributed by atoms with Gasteiger partial charge in [-0.25, -0.2) is 4.79 Å². The Kier molecular flexibility index (Phi) is 9.71. The first-order valence-electron chi connectivity index (χ1n) is 12.0. The van der Waals surface area contributed by atoms with Gasteiger partial charge in [-0.05, 0) is 61.1 Å². The summed E-state index contributed by atoms with van der Waals surface area (Å²) in [7, 11) is 1.66. The second-order valence-electron chi connectivity index (χ2n) is 9.37.